The molecular weight excluding hydrogens is 258 g/mol. The van der Waals surface area contributed by atoms with Crippen molar-refractivity contribution in [2.24, 2.45) is 7.05 Å². The summed E-state index contributed by atoms with van der Waals surface area (Å²) in [5, 5.41) is 9.08. The predicted molar refractivity (Wildman–Crippen MR) is 74.9 cm³/mol. The molecule has 0 radical (unpaired) electrons. The summed E-state index contributed by atoms with van der Waals surface area (Å²) in [6.45, 7) is 0.127. The summed E-state index contributed by atoms with van der Waals surface area (Å²) in [4.78, 5) is 11.8. The monoisotopic (exact) mass is 275 g/mol. The molecule has 106 valence electrons. The lowest BCUT2D eigenvalue weighted by Crippen LogP contribution is -2.13. The molecule has 1 heterocycles. The molecule has 1 aromatic carbocycles. The fourth-order valence-corrected chi connectivity index (χ4v) is 1.80. The maximum atomic E-state index is 11.8. The second-order valence-electron chi connectivity index (χ2n) is 4.40. The van der Waals surface area contributed by atoms with Gasteiger partial charge in [-0.1, -0.05) is 12.1 Å². The molecule has 1 N–H and O–H groups in total. The van der Waals surface area contributed by atoms with Crippen LogP contribution < -0.4 is 14.9 Å². The Morgan fingerprint density at radius 1 is 1.25 bits per heavy atom. The molecule has 0 bridgehead atoms. The van der Waals surface area contributed by atoms with Crippen molar-refractivity contribution < 1.29 is 14.6 Å². The number of aromatic nitrogens is 1. The van der Waals surface area contributed by atoms with Crippen LogP contribution in [0.5, 0.6) is 11.5 Å². The summed E-state index contributed by atoms with van der Waals surface area (Å²) >= 11 is 0. The molecule has 2 aromatic rings. The van der Waals surface area contributed by atoms with E-state index in [1.165, 1.54) is 6.07 Å². The minimum absolute atomic E-state index is 0.176. The van der Waals surface area contributed by atoms with Gasteiger partial charge in [-0.2, -0.15) is 0 Å². The van der Waals surface area contributed by atoms with Gasteiger partial charge in [-0.3, -0.25) is 4.79 Å². The zero-order valence-electron chi connectivity index (χ0n) is 11.5. The van der Waals surface area contributed by atoms with Gasteiger partial charge in [-0.25, -0.2) is 0 Å². The van der Waals surface area contributed by atoms with Crippen molar-refractivity contribution in [3.63, 3.8) is 0 Å². The maximum Gasteiger partial charge on any atom is 0.223 e. The van der Waals surface area contributed by atoms with Crippen molar-refractivity contribution in [1.29, 1.82) is 0 Å². The molecule has 0 saturated carbocycles. The Morgan fingerprint density at radius 2 is 1.95 bits per heavy atom. The number of benzene rings is 1. The normalized spacial score (nSPS) is 10.3. The number of pyridine rings is 1. The van der Waals surface area contributed by atoms with Crippen LogP contribution in [0.25, 0.3) is 0 Å². The van der Waals surface area contributed by atoms with E-state index in [0.717, 1.165) is 11.3 Å². The number of ether oxygens (including phenoxy) is 2. The van der Waals surface area contributed by atoms with E-state index in [-0.39, 0.29) is 17.8 Å². The van der Waals surface area contributed by atoms with E-state index in [9.17, 15) is 4.79 Å². The molecule has 0 saturated heterocycles. The highest BCUT2D eigenvalue weighted by atomic mass is 16.5. The topological polar surface area (TPSA) is 60.7 Å². The number of aliphatic hydroxyl groups excluding tert-OH is 1. The van der Waals surface area contributed by atoms with Gasteiger partial charge in [0, 0.05) is 18.8 Å². The molecule has 0 unspecified atom stereocenters. The van der Waals surface area contributed by atoms with Gasteiger partial charge in [0.2, 0.25) is 5.43 Å². The quantitative estimate of drug-likeness (QED) is 0.897. The van der Waals surface area contributed by atoms with Gasteiger partial charge in [-0.05, 0) is 17.7 Å². The fourth-order valence-electron chi connectivity index (χ4n) is 1.80. The zero-order valence-corrected chi connectivity index (χ0v) is 11.5. The van der Waals surface area contributed by atoms with Crippen LogP contribution in [0.4, 0.5) is 0 Å². The van der Waals surface area contributed by atoms with Crippen molar-refractivity contribution in [2.45, 2.75) is 13.2 Å². The molecule has 20 heavy (non-hydrogen) atoms. The van der Waals surface area contributed by atoms with Crippen LogP contribution in [-0.4, -0.2) is 16.8 Å². The third-order valence-corrected chi connectivity index (χ3v) is 3.02. The van der Waals surface area contributed by atoms with Crippen LogP contribution >= 0.6 is 0 Å². The summed E-state index contributed by atoms with van der Waals surface area (Å²) in [6.07, 6.45) is 1.58. The number of aliphatic hydroxyl groups is 1. The van der Waals surface area contributed by atoms with Gasteiger partial charge in [0.15, 0.2) is 5.75 Å². The molecule has 1 aromatic heterocycles. The van der Waals surface area contributed by atoms with E-state index in [2.05, 4.69) is 0 Å². The number of methoxy groups -OCH3 is 1. The molecule has 0 fully saturated rings. The minimum Gasteiger partial charge on any atom is -0.497 e. The number of hydrogen-bond donors (Lipinski definition) is 1. The van der Waals surface area contributed by atoms with Crippen LogP contribution in [0.2, 0.25) is 0 Å². The standard InChI is InChI=1S/C15H17NO4/c1-16-8-15(14(18)7-12(16)9-17)20-10-11-3-5-13(19-2)6-4-11/h3-8,17H,9-10H2,1-2H3. The van der Waals surface area contributed by atoms with Gasteiger partial charge >= 0.3 is 0 Å². The van der Waals surface area contributed by atoms with Crippen LogP contribution in [0.1, 0.15) is 11.3 Å². The summed E-state index contributed by atoms with van der Waals surface area (Å²) < 4.78 is 12.3. The third kappa shape index (κ3) is 3.19. The number of hydrogen-bond acceptors (Lipinski definition) is 4. The molecule has 0 atom stereocenters. The zero-order chi connectivity index (χ0) is 14.5. The van der Waals surface area contributed by atoms with E-state index >= 15 is 0 Å². The predicted octanol–water partition coefficient (Wildman–Crippen LogP) is 1.47. The summed E-state index contributed by atoms with van der Waals surface area (Å²) in [5.41, 5.74) is 1.26. The van der Waals surface area contributed by atoms with Gasteiger partial charge in [0.1, 0.15) is 12.4 Å². The first-order chi connectivity index (χ1) is 9.63. The van der Waals surface area contributed by atoms with E-state index in [1.54, 1.807) is 24.9 Å². The van der Waals surface area contributed by atoms with Crippen molar-refractivity contribution >= 4 is 0 Å². The van der Waals surface area contributed by atoms with Gasteiger partial charge in [-0.15, -0.1) is 0 Å². The molecule has 0 amide bonds. The lowest BCUT2D eigenvalue weighted by molar-refractivity contribution is 0.268. The van der Waals surface area contributed by atoms with Crippen LogP contribution in [-0.2, 0) is 20.3 Å². The summed E-state index contributed by atoms with van der Waals surface area (Å²) in [7, 11) is 3.36. The molecule has 2 rings (SSSR count). The number of nitrogens with zero attached hydrogens (tertiary/aromatic N) is 1. The maximum absolute atomic E-state index is 11.8. The Bertz CT molecular complexity index is 631. The summed E-state index contributed by atoms with van der Waals surface area (Å²) in [5.74, 6) is 1.04. The second-order valence-corrected chi connectivity index (χ2v) is 4.40. The first-order valence-corrected chi connectivity index (χ1v) is 6.20. The second kappa shape index (κ2) is 6.25. The first-order valence-electron chi connectivity index (χ1n) is 6.20. The van der Waals surface area contributed by atoms with Crippen LogP contribution in [0.3, 0.4) is 0 Å². The van der Waals surface area contributed by atoms with Crippen molar-refractivity contribution in [3.8, 4) is 11.5 Å². The van der Waals surface area contributed by atoms with Crippen LogP contribution in [0, 0.1) is 0 Å². The van der Waals surface area contributed by atoms with E-state index in [4.69, 9.17) is 14.6 Å². The lowest BCUT2D eigenvalue weighted by atomic mass is 10.2. The highest BCUT2D eigenvalue weighted by Gasteiger charge is 2.05. The van der Waals surface area contributed by atoms with Gasteiger partial charge in [0.05, 0.1) is 19.9 Å². The average molecular weight is 275 g/mol. The fraction of sp³-hybridized carbons (Fsp3) is 0.267. The Balaban J connectivity index is 2.10. The largest absolute Gasteiger partial charge is 0.497 e. The average Bonchev–Trinajstić information content (AvgIpc) is 2.48. The summed E-state index contributed by atoms with van der Waals surface area (Å²) in [6, 6.07) is 8.82. The molecule has 0 aliphatic carbocycles. The first kappa shape index (κ1) is 14.1. The molecule has 0 aliphatic heterocycles. The molecule has 0 aliphatic rings. The SMILES string of the molecule is COc1ccc(COc2cn(C)c(CO)cc2=O)cc1. The van der Waals surface area contributed by atoms with Gasteiger partial charge < -0.3 is 19.1 Å². The van der Waals surface area contributed by atoms with Crippen molar-refractivity contribution in [1.82, 2.24) is 4.57 Å². The van der Waals surface area contributed by atoms with Crippen LogP contribution in [0.15, 0.2) is 41.3 Å². The lowest BCUT2D eigenvalue weighted by Gasteiger charge is -2.10. The molecule has 5 nitrogen and oxygen atoms in total. The Morgan fingerprint density at radius 3 is 2.55 bits per heavy atom. The third-order valence-electron chi connectivity index (χ3n) is 3.02. The number of aryl methyl sites for hydroxylation is 1. The smallest absolute Gasteiger partial charge is 0.223 e. The number of rotatable bonds is 5. The van der Waals surface area contributed by atoms with E-state index in [1.807, 2.05) is 24.3 Å². The van der Waals surface area contributed by atoms with Gasteiger partial charge in [0.25, 0.3) is 0 Å². The minimum atomic E-state index is -0.235. The van der Waals surface area contributed by atoms with Crippen molar-refractivity contribution in [3.05, 3.63) is 58.0 Å². The highest BCUT2D eigenvalue weighted by Crippen LogP contribution is 2.13. The highest BCUT2D eigenvalue weighted by molar-refractivity contribution is 5.27. The van der Waals surface area contributed by atoms with E-state index < -0.39 is 0 Å². The molecule has 5 heteroatoms. The Kier molecular flexibility index (Phi) is 4.42. The van der Waals surface area contributed by atoms with Crippen molar-refractivity contribution in [2.75, 3.05) is 7.11 Å². The van der Waals surface area contributed by atoms with E-state index in [0.29, 0.717) is 12.3 Å². The Labute approximate surface area is 117 Å². The molecular formula is C15H17NO4. The molecule has 0 spiro atoms. The Hall–Kier alpha value is -2.27.